The molecule has 4 radical (unpaired) electrons. The van der Waals surface area contributed by atoms with Crippen molar-refractivity contribution >= 4 is 41.4 Å². The van der Waals surface area contributed by atoms with Crippen LogP contribution in [0, 0.1) is 23.7 Å². The van der Waals surface area contributed by atoms with E-state index in [0.29, 0.717) is 0 Å². The fraction of sp³-hybridized carbons (Fsp3) is 0.854. The Hall–Kier alpha value is 0.148. The van der Waals surface area contributed by atoms with Crippen molar-refractivity contribution in [2.45, 2.75) is 188 Å². The minimum atomic E-state index is -1.26. The predicted octanol–water partition coefficient (Wildman–Crippen LogP) is 8.83. The van der Waals surface area contributed by atoms with E-state index < -0.39 is 24.2 Å². The van der Waals surface area contributed by atoms with Crippen molar-refractivity contribution in [2.24, 2.45) is 23.7 Å². The van der Waals surface area contributed by atoms with Crippen LogP contribution in [-0.2, 0) is 82.7 Å². The van der Waals surface area contributed by atoms with E-state index in [9.17, 15) is 39.9 Å². The largest absolute Gasteiger partial charge is 2.00 e. The number of carbonyl (C=O) groups is 3. The average molecular weight is 1220 g/mol. The van der Waals surface area contributed by atoms with Crippen LogP contribution < -0.4 is 0 Å². The Bertz CT molecular complexity index is 1170. The molecule has 0 aromatic carbocycles. The molecule has 8 unspecified atom stereocenters. The molecule has 4 aliphatic carbocycles. The van der Waals surface area contributed by atoms with Gasteiger partial charge in [-0.05, 0) is 51.4 Å². The van der Waals surface area contributed by atoms with Crippen molar-refractivity contribution in [3.05, 3.63) is 45.7 Å². The molecule has 11 N–H and O–H groups in total. The van der Waals surface area contributed by atoms with Gasteiger partial charge in [-0.25, -0.2) is 0 Å². The van der Waals surface area contributed by atoms with E-state index in [4.69, 9.17) is 0 Å². The standard InChI is InChI=1S/C14H24O4S.C14H22O4S.3C5H10N.C5H6N.4Cu.3H2O/c2*15-13(16)9-5-1-3-7-11(9)19-12-8-4-2-6-10(12)14(17)18;4*1-2-4-6-5-3-1;;;;;;;/h9-13,15-16H,1-8H2,(H,17,18);9-12H,1-8H2,(H,15,16)(H,17,18);3*1-5H2;1-4H,5H2;;;;;3*1H2/q;;4*-1;;;2*+2;;;. The second kappa shape index (κ2) is 50.3. The van der Waals surface area contributed by atoms with Gasteiger partial charge in [0.05, 0.1) is 17.8 Å². The first kappa shape index (κ1) is 78.0. The third-order valence-electron chi connectivity index (χ3n) is 12.9. The number of hydrogen-bond donors (Lipinski definition) is 5. The number of aliphatic hydroxyl groups excluding tert-OH is 1. The van der Waals surface area contributed by atoms with Crippen molar-refractivity contribution in [1.29, 1.82) is 0 Å². The summed E-state index contributed by atoms with van der Waals surface area (Å²) in [5.74, 6) is -3.01. The van der Waals surface area contributed by atoms with Gasteiger partial charge >= 0.3 is 52.0 Å². The van der Waals surface area contributed by atoms with E-state index >= 15 is 0 Å². The molecule has 0 spiro atoms. The topological polar surface area (TPSA) is 303 Å². The van der Waals surface area contributed by atoms with Crippen molar-refractivity contribution < 1.29 is 125 Å². The first-order valence-electron chi connectivity index (χ1n) is 24.4. The number of carboxylic acids is 3. The molecule has 4 saturated carbocycles. The molecule has 0 amide bonds. The zero-order valence-corrected chi connectivity index (χ0v) is 45.8. The number of hydrogen-bond acceptors (Lipinski definition) is 7. The summed E-state index contributed by atoms with van der Waals surface area (Å²) >= 11 is 3.37. The van der Waals surface area contributed by atoms with Crippen LogP contribution in [0.4, 0.5) is 0 Å². The maximum absolute atomic E-state index is 11.3. The van der Waals surface area contributed by atoms with Crippen LogP contribution in [0.1, 0.15) is 161 Å². The summed E-state index contributed by atoms with van der Waals surface area (Å²) < 4.78 is 0. The zero-order chi connectivity index (χ0) is 44.6. The van der Waals surface area contributed by atoms with Crippen LogP contribution in [0.2, 0.25) is 0 Å². The minimum Gasteiger partial charge on any atom is -0.687 e. The zero-order valence-electron chi connectivity index (χ0n) is 40.4. The number of nitrogens with zero attached hydrogens (tertiary/aromatic N) is 4. The second-order valence-corrected chi connectivity index (χ2v) is 20.8. The summed E-state index contributed by atoms with van der Waals surface area (Å²) in [5.41, 5.74) is 0. The van der Waals surface area contributed by atoms with E-state index in [1.165, 1.54) is 57.8 Å². The molecule has 8 rings (SSSR count). The first-order valence-corrected chi connectivity index (χ1v) is 26.3. The van der Waals surface area contributed by atoms with Gasteiger partial charge < -0.3 is 63.2 Å². The maximum atomic E-state index is 11.3. The number of carboxylic acid groups (broad SMARTS) is 3. The van der Waals surface area contributed by atoms with Gasteiger partial charge in [0.15, 0.2) is 6.29 Å². The van der Waals surface area contributed by atoms with Crippen LogP contribution in [0.3, 0.4) is 0 Å². The molecule has 4 heterocycles. The summed E-state index contributed by atoms with van der Waals surface area (Å²) in [7, 11) is 0. The molecule has 0 bridgehead atoms. The molecule has 422 valence electrons. The normalized spacial score (nSPS) is 27.6. The SMILES string of the molecule is C1=CC[N-]C=C1.C1CC[N-]CC1.C1CC[N-]CC1.C1CC[N-]CC1.O.O.O.O=C(O)C1CCCCC1SC1CCCCC1C(=O)O.O=C(O)C1CCCCC1SC1CCCCC1C(O)O.[Cu+2].[Cu+2].[Cu].[Cu]. The van der Waals surface area contributed by atoms with E-state index in [2.05, 4.69) is 21.3 Å². The molecule has 0 aromatic rings. The molecule has 69 heavy (non-hydrogen) atoms. The number of piperidine rings is 3. The Morgan fingerprint density at radius 2 is 0.739 bits per heavy atom. The maximum Gasteiger partial charge on any atom is 2.00 e. The Morgan fingerprint density at radius 3 is 0.957 bits per heavy atom. The summed E-state index contributed by atoms with van der Waals surface area (Å²) in [6, 6.07) is 0. The van der Waals surface area contributed by atoms with Crippen LogP contribution in [-0.4, -0.2) is 133 Å². The van der Waals surface area contributed by atoms with Gasteiger partial charge in [0.2, 0.25) is 0 Å². The van der Waals surface area contributed by atoms with Gasteiger partial charge in [0.25, 0.3) is 0 Å². The third kappa shape index (κ3) is 35.1. The van der Waals surface area contributed by atoms with Crippen LogP contribution in [0.25, 0.3) is 21.3 Å². The molecule has 8 aliphatic rings. The number of aliphatic hydroxyl groups is 2. The predicted molar refractivity (Wildman–Crippen MR) is 267 cm³/mol. The minimum absolute atomic E-state index is 0. The van der Waals surface area contributed by atoms with Crippen molar-refractivity contribution in [1.82, 2.24) is 0 Å². The number of allylic oxidation sites excluding steroid dienone is 2. The van der Waals surface area contributed by atoms with E-state index in [-0.39, 0.29) is 129 Å². The van der Waals surface area contributed by atoms with E-state index in [1.807, 2.05) is 18.2 Å². The van der Waals surface area contributed by atoms with Crippen LogP contribution in [0.5, 0.6) is 0 Å². The quantitative estimate of drug-likeness (QED) is 0.114. The molecular weight excluding hydrogens is 1130 g/mol. The van der Waals surface area contributed by atoms with Crippen LogP contribution in [0.15, 0.2) is 24.4 Å². The van der Waals surface area contributed by atoms with Crippen molar-refractivity contribution in [2.75, 3.05) is 45.8 Å². The third-order valence-corrected chi connectivity index (χ3v) is 16.6. The van der Waals surface area contributed by atoms with Gasteiger partial charge in [-0.2, -0.15) is 29.7 Å². The van der Waals surface area contributed by atoms with E-state index in [0.717, 1.165) is 149 Å². The Balaban J connectivity index is -0.000000252. The van der Waals surface area contributed by atoms with Gasteiger partial charge in [-0.15, -0.1) is 51.9 Å². The molecule has 4 aliphatic heterocycles. The number of thioether (sulfide) groups is 2. The van der Waals surface area contributed by atoms with Crippen LogP contribution >= 0.6 is 23.5 Å². The van der Waals surface area contributed by atoms with E-state index in [1.54, 1.807) is 29.7 Å². The number of rotatable bonds is 8. The average Bonchev–Trinajstić information content (AvgIpc) is 3.33. The first-order chi connectivity index (χ1) is 30.2. The van der Waals surface area contributed by atoms with Crippen molar-refractivity contribution in [3.8, 4) is 0 Å². The number of aliphatic carboxylic acids is 3. The van der Waals surface area contributed by atoms with Gasteiger partial charge in [0, 0.05) is 61.1 Å². The van der Waals surface area contributed by atoms with Crippen molar-refractivity contribution in [3.63, 3.8) is 0 Å². The van der Waals surface area contributed by atoms with Gasteiger partial charge in [0.1, 0.15) is 0 Å². The molecular formula is C48H88Cu4N4O11S2. The fourth-order valence-corrected chi connectivity index (χ4v) is 13.2. The molecule has 15 nitrogen and oxygen atoms in total. The molecule has 21 heteroatoms. The Kier molecular flexibility index (Phi) is 56.9. The summed E-state index contributed by atoms with van der Waals surface area (Å²) in [6.45, 7) is 7.61. The van der Waals surface area contributed by atoms with Gasteiger partial charge in [-0.3, -0.25) is 14.4 Å². The summed E-state index contributed by atoms with van der Waals surface area (Å²) in [4.78, 5) is 33.9. The Labute approximate surface area is 465 Å². The molecule has 8 atom stereocenters. The molecule has 7 fully saturated rings. The molecule has 3 saturated heterocycles. The monoisotopic (exact) mass is 1210 g/mol. The summed E-state index contributed by atoms with van der Waals surface area (Å²) in [6.07, 6.45) is 34.0. The van der Waals surface area contributed by atoms with Gasteiger partial charge in [-0.1, -0.05) is 121 Å². The summed E-state index contributed by atoms with van der Waals surface area (Å²) in [5, 5.41) is 63.8. The smallest absolute Gasteiger partial charge is 0.687 e. The Morgan fingerprint density at radius 1 is 0.435 bits per heavy atom. The second-order valence-electron chi connectivity index (χ2n) is 17.8. The fourth-order valence-electron chi connectivity index (χ4n) is 9.29. The molecule has 0 aromatic heterocycles.